The van der Waals surface area contributed by atoms with Gasteiger partial charge in [0.25, 0.3) is 0 Å². The Labute approximate surface area is 183 Å². The summed E-state index contributed by atoms with van der Waals surface area (Å²) in [5, 5.41) is 5.99. The van der Waals surface area contributed by atoms with Crippen molar-refractivity contribution in [3.8, 4) is 5.75 Å². The Morgan fingerprint density at radius 3 is 2.48 bits per heavy atom. The van der Waals surface area contributed by atoms with Gasteiger partial charge in [-0.1, -0.05) is 12.1 Å². The normalized spacial score (nSPS) is 12.8. The Balaban J connectivity index is 0.00000300. The van der Waals surface area contributed by atoms with Gasteiger partial charge in [0, 0.05) is 25.6 Å². The van der Waals surface area contributed by atoms with Crippen LogP contribution in [0.15, 0.2) is 29.3 Å². The van der Waals surface area contributed by atoms with Gasteiger partial charge >= 0.3 is 0 Å². The molecule has 0 spiro atoms. The Kier molecular flexibility index (Phi) is 8.54. The second-order valence-corrected chi connectivity index (χ2v) is 6.36. The molecule has 0 bridgehead atoms. The van der Waals surface area contributed by atoms with Gasteiger partial charge in [-0.05, 0) is 30.5 Å². The molecule has 2 N–H and O–H groups in total. The number of benzene rings is 2. The first-order valence-electron chi connectivity index (χ1n) is 9.08. The summed E-state index contributed by atoms with van der Waals surface area (Å²) in [7, 11) is 0. The van der Waals surface area contributed by atoms with Crippen LogP contribution in [0.4, 0.5) is 17.6 Å². The van der Waals surface area contributed by atoms with Gasteiger partial charge in [-0.2, -0.15) is 0 Å². The zero-order valence-electron chi connectivity index (χ0n) is 15.8. The second-order valence-electron chi connectivity index (χ2n) is 6.36. The molecular formula is C20H22F4IN3O. The maximum atomic E-state index is 13.8. The van der Waals surface area contributed by atoms with E-state index < -0.39 is 35.4 Å². The van der Waals surface area contributed by atoms with Crippen LogP contribution in [0.5, 0.6) is 5.75 Å². The first-order chi connectivity index (χ1) is 13.5. The van der Waals surface area contributed by atoms with Gasteiger partial charge < -0.3 is 15.4 Å². The average molecular weight is 523 g/mol. The zero-order chi connectivity index (χ0) is 20.1. The first kappa shape index (κ1) is 23.2. The predicted molar refractivity (Wildman–Crippen MR) is 114 cm³/mol. The lowest BCUT2D eigenvalue weighted by molar-refractivity contribution is 0.357. The van der Waals surface area contributed by atoms with E-state index in [1.54, 1.807) is 0 Å². The fourth-order valence-electron chi connectivity index (χ4n) is 2.98. The van der Waals surface area contributed by atoms with Gasteiger partial charge in [0.1, 0.15) is 5.75 Å². The quantitative estimate of drug-likeness (QED) is 0.197. The van der Waals surface area contributed by atoms with Crippen molar-refractivity contribution in [2.45, 2.75) is 26.3 Å². The Hall–Kier alpha value is -2.04. The largest absolute Gasteiger partial charge is 0.493 e. The number of halogens is 5. The molecule has 1 heterocycles. The third kappa shape index (κ3) is 5.74. The fourth-order valence-corrected chi connectivity index (χ4v) is 2.98. The molecule has 4 nitrogen and oxygen atoms in total. The van der Waals surface area contributed by atoms with Crippen molar-refractivity contribution >= 4 is 29.9 Å². The molecule has 0 saturated carbocycles. The van der Waals surface area contributed by atoms with E-state index in [4.69, 9.17) is 4.74 Å². The van der Waals surface area contributed by atoms with Gasteiger partial charge in [0.15, 0.2) is 29.2 Å². The van der Waals surface area contributed by atoms with Crippen molar-refractivity contribution in [2.75, 3.05) is 19.7 Å². The van der Waals surface area contributed by atoms with Crippen LogP contribution in [0, 0.1) is 23.3 Å². The molecule has 0 amide bonds. The van der Waals surface area contributed by atoms with Gasteiger partial charge in [-0.3, -0.25) is 0 Å². The molecule has 2 aromatic carbocycles. The lowest BCUT2D eigenvalue weighted by Gasteiger charge is -2.12. The number of guanidine groups is 1. The third-order valence-electron chi connectivity index (χ3n) is 4.40. The van der Waals surface area contributed by atoms with Crippen LogP contribution in [0.3, 0.4) is 0 Å². The highest BCUT2D eigenvalue weighted by Gasteiger charge is 2.18. The predicted octanol–water partition coefficient (Wildman–Crippen LogP) is 4.09. The van der Waals surface area contributed by atoms with Crippen LogP contribution in [0.2, 0.25) is 0 Å². The van der Waals surface area contributed by atoms with Crippen molar-refractivity contribution < 1.29 is 22.3 Å². The standard InChI is InChI=1S/C20H21F4N3O.HI/c1-2-25-20(27-11-14-18(23)15(21)10-16(22)19(14)24)26-7-5-12-3-4-17-13(9-12)6-8-28-17;/h3-4,9-10H,2,5-8,11H2,1H3,(H2,25,26,27);1H. The molecule has 1 aliphatic rings. The molecule has 0 aliphatic carbocycles. The Bertz CT molecular complexity index is 866. The number of aliphatic imine (C=N–C) groups is 1. The minimum Gasteiger partial charge on any atom is -0.493 e. The molecule has 3 rings (SSSR count). The maximum Gasteiger partial charge on any atom is 0.191 e. The number of rotatable bonds is 6. The summed E-state index contributed by atoms with van der Waals surface area (Å²) < 4.78 is 59.6. The summed E-state index contributed by atoms with van der Waals surface area (Å²) in [6.45, 7) is 3.04. The van der Waals surface area contributed by atoms with Crippen molar-refractivity contribution in [1.82, 2.24) is 10.6 Å². The monoisotopic (exact) mass is 523 g/mol. The van der Waals surface area contributed by atoms with E-state index in [-0.39, 0.29) is 30.0 Å². The number of nitrogens with zero attached hydrogens (tertiary/aromatic N) is 1. The molecule has 0 aromatic heterocycles. The number of fused-ring (bicyclic) bond motifs is 1. The van der Waals surface area contributed by atoms with Gasteiger partial charge in [-0.15, -0.1) is 24.0 Å². The molecule has 0 fully saturated rings. The molecule has 9 heteroatoms. The SMILES string of the molecule is CCNC(=NCc1c(F)c(F)cc(F)c1F)NCCc1ccc2c(c1)CCO2.I. The minimum atomic E-state index is -1.44. The van der Waals surface area contributed by atoms with E-state index in [1.807, 2.05) is 19.1 Å². The highest BCUT2D eigenvalue weighted by Crippen LogP contribution is 2.26. The topological polar surface area (TPSA) is 45.7 Å². The third-order valence-corrected chi connectivity index (χ3v) is 4.40. The number of nitrogens with one attached hydrogen (secondary N) is 2. The Morgan fingerprint density at radius 1 is 1.07 bits per heavy atom. The highest BCUT2D eigenvalue weighted by atomic mass is 127. The molecule has 158 valence electrons. The first-order valence-corrected chi connectivity index (χ1v) is 9.08. The van der Waals surface area contributed by atoms with Crippen molar-refractivity contribution in [3.63, 3.8) is 0 Å². The van der Waals surface area contributed by atoms with Crippen molar-refractivity contribution in [1.29, 1.82) is 0 Å². The highest BCUT2D eigenvalue weighted by molar-refractivity contribution is 14.0. The van der Waals surface area contributed by atoms with Crippen LogP contribution in [-0.2, 0) is 19.4 Å². The van der Waals surface area contributed by atoms with E-state index in [2.05, 4.69) is 21.7 Å². The molecular weight excluding hydrogens is 501 g/mol. The van der Waals surface area contributed by atoms with E-state index in [9.17, 15) is 17.6 Å². The van der Waals surface area contributed by atoms with E-state index in [0.717, 1.165) is 17.7 Å². The van der Waals surface area contributed by atoms with Crippen LogP contribution >= 0.6 is 24.0 Å². The second kappa shape index (κ2) is 10.7. The summed E-state index contributed by atoms with van der Waals surface area (Å²) in [4.78, 5) is 4.04. The summed E-state index contributed by atoms with van der Waals surface area (Å²) in [6, 6.07) is 6.20. The van der Waals surface area contributed by atoms with Crippen LogP contribution in [0.1, 0.15) is 23.6 Å². The van der Waals surface area contributed by atoms with E-state index >= 15 is 0 Å². The van der Waals surface area contributed by atoms with Gasteiger partial charge in [0.2, 0.25) is 0 Å². The van der Waals surface area contributed by atoms with E-state index in [0.29, 0.717) is 32.1 Å². The fraction of sp³-hybridized carbons (Fsp3) is 0.350. The zero-order valence-corrected chi connectivity index (χ0v) is 18.2. The minimum absolute atomic E-state index is 0. The van der Waals surface area contributed by atoms with Crippen LogP contribution in [0.25, 0.3) is 0 Å². The van der Waals surface area contributed by atoms with Gasteiger partial charge in [-0.25, -0.2) is 22.6 Å². The smallest absolute Gasteiger partial charge is 0.191 e. The van der Waals surface area contributed by atoms with Crippen LogP contribution < -0.4 is 15.4 Å². The molecule has 0 saturated heterocycles. The molecule has 1 aliphatic heterocycles. The molecule has 0 unspecified atom stereocenters. The summed E-state index contributed by atoms with van der Waals surface area (Å²) >= 11 is 0. The molecule has 2 aromatic rings. The summed E-state index contributed by atoms with van der Waals surface area (Å²) in [6.07, 6.45) is 1.59. The Morgan fingerprint density at radius 2 is 1.79 bits per heavy atom. The van der Waals surface area contributed by atoms with Crippen molar-refractivity contribution in [3.05, 3.63) is 64.2 Å². The molecule has 0 atom stereocenters. The molecule has 29 heavy (non-hydrogen) atoms. The number of hydrogen-bond donors (Lipinski definition) is 2. The summed E-state index contributed by atoms with van der Waals surface area (Å²) in [5.41, 5.74) is 1.56. The lowest BCUT2D eigenvalue weighted by atomic mass is 10.1. The summed E-state index contributed by atoms with van der Waals surface area (Å²) in [5.74, 6) is -4.53. The lowest BCUT2D eigenvalue weighted by Crippen LogP contribution is -2.38. The van der Waals surface area contributed by atoms with E-state index in [1.165, 1.54) is 5.56 Å². The van der Waals surface area contributed by atoms with Gasteiger partial charge in [0.05, 0.1) is 18.7 Å². The van der Waals surface area contributed by atoms with Crippen LogP contribution in [-0.4, -0.2) is 25.7 Å². The van der Waals surface area contributed by atoms with Crippen molar-refractivity contribution in [2.24, 2.45) is 4.99 Å². The number of hydrogen-bond acceptors (Lipinski definition) is 2. The maximum absolute atomic E-state index is 13.8. The number of ether oxygens (including phenoxy) is 1. The average Bonchev–Trinajstić information content (AvgIpc) is 3.14. The molecule has 0 radical (unpaired) electrons.